The van der Waals surface area contributed by atoms with Crippen LogP contribution in [-0.2, 0) is 13.1 Å². The van der Waals surface area contributed by atoms with E-state index in [0.717, 1.165) is 25.9 Å². The Kier molecular flexibility index (Phi) is 6.49. The summed E-state index contributed by atoms with van der Waals surface area (Å²) >= 11 is 0. The van der Waals surface area contributed by atoms with Crippen LogP contribution in [0.1, 0.15) is 27.2 Å². The van der Waals surface area contributed by atoms with Crippen LogP contribution in [0, 0.1) is 12.7 Å². The van der Waals surface area contributed by atoms with E-state index in [9.17, 15) is 18.8 Å². The van der Waals surface area contributed by atoms with Gasteiger partial charge in [0.2, 0.25) is 5.69 Å². The van der Waals surface area contributed by atoms with Crippen molar-refractivity contribution in [1.29, 1.82) is 0 Å². The van der Waals surface area contributed by atoms with Crippen molar-refractivity contribution in [2.45, 2.75) is 20.0 Å². The van der Waals surface area contributed by atoms with E-state index in [1.54, 1.807) is 7.05 Å². The normalized spacial score (nSPS) is 10.8. The quantitative estimate of drug-likeness (QED) is 0.445. The summed E-state index contributed by atoms with van der Waals surface area (Å²) in [4.78, 5) is 41.2. The Balaban J connectivity index is 1.83. The molecule has 172 valence electrons. The first-order valence-corrected chi connectivity index (χ1v) is 10.7. The minimum Gasteiger partial charge on any atom is -0.336 e. The molecule has 1 amide bonds. The van der Waals surface area contributed by atoms with Crippen LogP contribution >= 0.6 is 0 Å². The predicted octanol–water partition coefficient (Wildman–Crippen LogP) is 3.16. The first-order chi connectivity index (χ1) is 16.3. The lowest BCUT2D eigenvalue weighted by molar-refractivity contribution is 0.0773. The highest BCUT2D eigenvalue weighted by atomic mass is 19.1. The standard InChI is InChI=1S/C26H23FN4O3/c1-18-8-6-7-11-20(18)17-30-25(33)23(24(32)29(2)16-19-9-4-3-5-10-19)28-31(26(30)34)22-14-12-21(27)13-15-22/h3-15H,16-17H2,1-2H3. The van der Waals surface area contributed by atoms with Crippen molar-refractivity contribution in [3.63, 3.8) is 0 Å². The Morgan fingerprint density at radius 3 is 2.26 bits per heavy atom. The molecule has 0 aliphatic heterocycles. The lowest BCUT2D eigenvalue weighted by atomic mass is 10.1. The van der Waals surface area contributed by atoms with Crippen LogP contribution in [0.15, 0.2) is 88.5 Å². The highest BCUT2D eigenvalue weighted by Crippen LogP contribution is 2.10. The SMILES string of the molecule is Cc1ccccc1Cn1c(=O)c(C(=O)N(C)Cc2ccccc2)nn(-c2ccc(F)cc2)c1=O. The van der Waals surface area contributed by atoms with Crippen LogP contribution in [-0.4, -0.2) is 32.2 Å². The molecule has 0 unspecified atom stereocenters. The van der Waals surface area contributed by atoms with Gasteiger partial charge in [0.15, 0.2) is 0 Å². The second kappa shape index (κ2) is 9.66. The molecule has 4 aromatic rings. The summed E-state index contributed by atoms with van der Waals surface area (Å²) in [5.74, 6) is -1.10. The number of halogens is 1. The third-order valence-electron chi connectivity index (χ3n) is 5.53. The zero-order valence-corrected chi connectivity index (χ0v) is 18.8. The Morgan fingerprint density at radius 1 is 0.941 bits per heavy atom. The zero-order chi connectivity index (χ0) is 24.2. The van der Waals surface area contributed by atoms with Crippen LogP contribution < -0.4 is 11.2 Å². The van der Waals surface area contributed by atoms with E-state index in [2.05, 4.69) is 5.10 Å². The molecular formula is C26H23FN4O3. The van der Waals surface area contributed by atoms with Gasteiger partial charge in [-0.05, 0) is 47.9 Å². The van der Waals surface area contributed by atoms with Crippen LogP contribution in [0.2, 0.25) is 0 Å². The van der Waals surface area contributed by atoms with E-state index in [1.807, 2.05) is 61.5 Å². The number of hydrogen-bond donors (Lipinski definition) is 0. The minimum absolute atomic E-state index is 0.0310. The maximum atomic E-state index is 13.5. The van der Waals surface area contributed by atoms with Crippen molar-refractivity contribution in [2.24, 2.45) is 0 Å². The van der Waals surface area contributed by atoms with E-state index in [4.69, 9.17) is 0 Å². The van der Waals surface area contributed by atoms with E-state index in [0.29, 0.717) is 0 Å². The number of aryl methyl sites for hydroxylation is 1. The second-order valence-electron chi connectivity index (χ2n) is 7.98. The Bertz CT molecular complexity index is 1440. The van der Waals surface area contributed by atoms with E-state index >= 15 is 0 Å². The number of hydrogen-bond acceptors (Lipinski definition) is 4. The molecule has 1 heterocycles. The number of nitrogens with zero attached hydrogens (tertiary/aromatic N) is 4. The van der Waals surface area contributed by atoms with Gasteiger partial charge in [-0.2, -0.15) is 9.78 Å². The molecule has 8 heteroatoms. The highest BCUT2D eigenvalue weighted by Gasteiger charge is 2.23. The third kappa shape index (κ3) is 4.71. The van der Waals surface area contributed by atoms with Crippen molar-refractivity contribution in [3.05, 3.63) is 128 Å². The van der Waals surface area contributed by atoms with Crippen molar-refractivity contribution >= 4 is 5.91 Å². The molecule has 0 fully saturated rings. The molecule has 34 heavy (non-hydrogen) atoms. The molecule has 0 atom stereocenters. The average molecular weight is 458 g/mol. The average Bonchev–Trinajstić information content (AvgIpc) is 2.84. The van der Waals surface area contributed by atoms with Gasteiger partial charge in [0.05, 0.1) is 12.2 Å². The van der Waals surface area contributed by atoms with Gasteiger partial charge < -0.3 is 4.90 Å². The van der Waals surface area contributed by atoms with Gasteiger partial charge in [0, 0.05) is 13.6 Å². The number of benzene rings is 3. The minimum atomic E-state index is -0.781. The highest BCUT2D eigenvalue weighted by molar-refractivity contribution is 5.91. The maximum absolute atomic E-state index is 13.5. The maximum Gasteiger partial charge on any atom is 0.352 e. The largest absolute Gasteiger partial charge is 0.352 e. The number of carbonyl (C=O) groups is 1. The smallest absolute Gasteiger partial charge is 0.336 e. The summed E-state index contributed by atoms with van der Waals surface area (Å²) in [5, 5.41) is 4.12. The topological polar surface area (TPSA) is 77.2 Å². The van der Waals surface area contributed by atoms with Crippen molar-refractivity contribution in [1.82, 2.24) is 19.2 Å². The van der Waals surface area contributed by atoms with Gasteiger partial charge in [-0.1, -0.05) is 54.6 Å². The second-order valence-corrected chi connectivity index (χ2v) is 7.98. The molecule has 0 saturated heterocycles. The number of aromatic nitrogens is 3. The van der Waals surface area contributed by atoms with Gasteiger partial charge in [-0.3, -0.25) is 14.2 Å². The summed E-state index contributed by atoms with van der Waals surface area (Å²) in [7, 11) is 1.56. The molecule has 0 bridgehead atoms. The number of amides is 1. The van der Waals surface area contributed by atoms with E-state index < -0.39 is 28.7 Å². The fourth-order valence-electron chi connectivity index (χ4n) is 3.61. The Morgan fingerprint density at radius 2 is 1.59 bits per heavy atom. The fraction of sp³-hybridized carbons (Fsp3) is 0.154. The lowest BCUT2D eigenvalue weighted by Crippen LogP contribution is -2.46. The van der Waals surface area contributed by atoms with Gasteiger partial charge in [0.25, 0.3) is 11.5 Å². The van der Waals surface area contributed by atoms with Crippen LogP contribution in [0.25, 0.3) is 5.69 Å². The van der Waals surface area contributed by atoms with Crippen LogP contribution in [0.5, 0.6) is 0 Å². The van der Waals surface area contributed by atoms with E-state index in [1.165, 1.54) is 29.2 Å². The summed E-state index contributed by atoms with van der Waals surface area (Å²) in [5.41, 5.74) is 0.882. The molecule has 0 aliphatic carbocycles. The van der Waals surface area contributed by atoms with Gasteiger partial charge in [-0.15, -0.1) is 0 Å². The summed E-state index contributed by atoms with van der Waals surface area (Å²) < 4.78 is 15.4. The molecule has 0 saturated carbocycles. The molecule has 0 radical (unpaired) electrons. The zero-order valence-electron chi connectivity index (χ0n) is 18.8. The van der Waals surface area contributed by atoms with Gasteiger partial charge in [0.1, 0.15) is 5.82 Å². The molecule has 0 aliphatic rings. The fourth-order valence-corrected chi connectivity index (χ4v) is 3.61. The van der Waals surface area contributed by atoms with Crippen molar-refractivity contribution in [2.75, 3.05) is 7.05 Å². The first-order valence-electron chi connectivity index (χ1n) is 10.7. The van der Waals surface area contributed by atoms with Crippen LogP contribution in [0.4, 0.5) is 4.39 Å². The predicted molar refractivity (Wildman–Crippen MR) is 127 cm³/mol. The molecule has 1 aromatic heterocycles. The monoisotopic (exact) mass is 458 g/mol. The van der Waals surface area contributed by atoms with E-state index in [-0.39, 0.29) is 18.8 Å². The molecule has 0 N–H and O–H groups in total. The molecule has 0 spiro atoms. The lowest BCUT2D eigenvalue weighted by Gasteiger charge is -2.18. The first kappa shape index (κ1) is 22.8. The van der Waals surface area contributed by atoms with Crippen molar-refractivity contribution < 1.29 is 9.18 Å². The van der Waals surface area contributed by atoms with Crippen molar-refractivity contribution in [3.8, 4) is 5.69 Å². The molecule has 3 aromatic carbocycles. The molecular weight excluding hydrogens is 435 g/mol. The molecule has 4 rings (SSSR count). The van der Waals surface area contributed by atoms with Gasteiger partial charge >= 0.3 is 5.69 Å². The van der Waals surface area contributed by atoms with Crippen LogP contribution in [0.3, 0.4) is 0 Å². The number of rotatable bonds is 6. The van der Waals surface area contributed by atoms with Gasteiger partial charge in [-0.25, -0.2) is 9.18 Å². The Hall–Kier alpha value is -4.33. The Labute approximate surface area is 195 Å². The molecule has 7 nitrogen and oxygen atoms in total. The number of carbonyl (C=O) groups excluding carboxylic acids is 1. The summed E-state index contributed by atoms with van der Waals surface area (Å²) in [6, 6.07) is 21.8. The summed E-state index contributed by atoms with van der Waals surface area (Å²) in [6.45, 7) is 2.10. The summed E-state index contributed by atoms with van der Waals surface area (Å²) in [6.07, 6.45) is 0. The third-order valence-corrected chi connectivity index (χ3v) is 5.53.